The van der Waals surface area contributed by atoms with E-state index < -0.39 is 5.60 Å². The van der Waals surface area contributed by atoms with Crippen LogP contribution in [0, 0.1) is 5.92 Å². The quantitative estimate of drug-likeness (QED) is 0.644. The van der Waals surface area contributed by atoms with Gasteiger partial charge in [0.25, 0.3) is 0 Å². The molecule has 0 spiro atoms. The largest absolute Gasteiger partial charge is 0.494 e. The third kappa shape index (κ3) is 1.28. The number of carbonyl (C=O) groups excluding carboxylic acids is 1. The first-order valence-corrected chi connectivity index (χ1v) is 4.65. The zero-order chi connectivity index (χ0) is 11.6. The Hall–Kier alpha value is -1.29. The van der Waals surface area contributed by atoms with Crippen molar-refractivity contribution in [3.05, 3.63) is 24.2 Å². The van der Waals surface area contributed by atoms with E-state index in [0.29, 0.717) is 5.76 Å². The van der Waals surface area contributed by atoms with Gasteiger partial charge in [-0.2, -0.15) is 0 Å². The Morgan fingerprint density at radius 2 is 1.93 bits per heavy atom. The van der Waals surface area contributed by atoms with Crippen molar-refractivity contribution in [2.75, 3.05) is 21.3 Å². The Balaban J connectivity index is 3.20. The number of ketones is 1. The highest BCUT2D eigenvalue weighted by molar-refractivity contribution is 6.10. The number of carbonyl (C=O) groups is 1. The molecular formula is C11H16O4. The van der Waals surface area contributed by atoms with Gasteiger partial charge in [0, 0.05) is 13.0 Å². The molecule has 0 saturated carbocycles. The number of ether oxygens (including phenoxy) is 3. The number of Topliss-reactive ketones (excluding diaryl/α,β-unsaturated/α-hetero) is 1. The molecule has 1 aliphatic rings. The van der Waals surface area contributed by atoms with Crippen LogP contribution >= 0.6 is 0 Å². The summed E-state index contributed by atoms with van der Waals surface area (Å²) in [4.78, 5) is 11.9. The minimum atomic E-state index is -1.05. The van der Waals surface area contributed by atoms with Gasteiger partial charge in [0.15, 0.2) is 5.76 Å². The number of methoxy groups -OCH3 is 3. The van der Waals surface area contributed by atoms with Crippen molar-refractivity contribution in [1.29, 1.82) is 0 Å². The second-order valence-corrected chi connectivity index (χ2v) is 3.36. The molecule has 0 radical (unpaired) electrons. The van der Waals surface area contributed by atoms with E-state index in [2.05, 4.69) is 6.58 Å². The van der Waals surface area contributed by atoms with Gasteiger partial charge in [0.2, 0.25) is 17.1 Å². The summed E-state index contributed by atoms with van der Waals surface area (Å²) < 4.78 is 15.4. The lowest BCUT2D eigenvalue weighted by molar-refractivity contribution is -0.155. The van der Waals surface area contributed by atoms with Gasteiger partial charge < -0.3 is 14.2 Å². The molecule has 4 heteroatoms. The van der Waals surface area contributed by atoms with E-state index in [9.17, 15) is 4.79 Å². The fraction of sp³-hybridized carbons (Fsp3) is 0.545. The summed E-state index contributed by atoms with van der Waals surface area (Å²) in [6.07, 6.45) is 1.66. The predicted octanol–water partition coefficient (Wildman–Crippen LogP) is 1.28. The predicted molar refractivity (Wildman–Crippen MR) is 55.2 cm³/mol. The van der Waals surface area contributed by atoms with Crippen LogP contribution < -0.4 is 0 Å². The fourth-order valence-corrected chi connectivity index (χ4v) is 1.86. The summed E-state index contributed by atoms with van der Waals surface area (Å²) in [5, 5.41) is 0. The van der Waals surface area contributed by atoms with E-state index >= 15 is 0 Å². The maximum atomic E-state index is 11.9. The van der Waals surface area contributed by atoms with E-state index in [1.165, 1.54) is 21.3 Å². The van der Waals surface area contributed by atoms with Gasteiger partial charge in [0.05, 0.1) is 14.2 Å². The van der Waals surface area contributed by atoms with E-state index in [1.807, 2.05) is 6.92 Å². The first-order chi connectivity index (χ1) is 7.09. The summed E-state index contributed by atoms with van der Waals surface area (Å²) in [5.74, 6) is 0.304. The molecule has 15 heavy (non-hydrogen) atoms. The van der Waals surface area contributed by atoms with Crippen molar-refractivity contribution in [1.82, 2.24) is 0 Å². The second kappa shape index (κ2) is 4.06. The summed E-state index contributed by atoms with van der Waals surface area (Å²) in [6.45, 7) is 5.51. The molecule has 0 aromatic rings. The van der Waals surface area contributed by atoms with Crippen molar-refractivity contribution in [2.45, 2.75) is 12.5 Å². The molecule has 0 aromatic carbocycles. The Bertz CT molecular complexity index is 319. The smallest absolute Gasteiger partial charge is 0.241 e. The molecule has 1 aliphatic carbocycles. The van der Waals surface area contributed by atoms with Crippen LogP contribution in [0.15, 0.2) is 24.2 Å². The highest BCUT2D eigenvalue weighted by Crippen LogP contribution is 2.44. The van der Waals surface area contributed by atoms with Crippen LogP contribution in [0.25, 0.3) is 0 Å². The summed E-state index contributed by atoms with van der Waals surface area (Å²) in [7, 11) is 4.40. The molecule has 0 saturated heterocycles. The topological polar surface area (TPSA) is 44.8 Å². The van der Waals surface area contributed by atoms with Gasteiger partial charge >= 0.3 is 0 Å². The van der Waals surface area contributed by atoms with Crippen LogP contribution in [0.4, 0.5) is 0 Å². The van der Waals surface area contributed by atoms with Crippen molar-refractivity contribution >= 4 is 5.78 Å². The van der Waals surface area contributed by atoms with E-state index in [4.69, 9.17) is 14.2 Å². The molecule has 2 atom stereocenters. The van der Waals surface area contributed by atoms with Gasteiger partial charge in [0.1, 0.15) is 0 Å². The molecular weight excluding hydrogens is 196 g/mol. The van der Waals surface area contributed by atoms with E-state index in [-0.39, 0.29) is 17.5 Å². The molecule has 0 bridgehead atoms. The third-order valence-electron chi connectivity index (χ3n) is 2.81. The third-order valence-corrected chi connectivity index (χ3v) is 2.81. The molecule has 0 amide bonds. The van der Waals surface area contributed by atoms with E-state index in [1.54, 1.807) is 6.08 Å². The molecule has 0 N–H and O–H groups in total. The van der Waals surface area contributed by atoms with Gasteiger partial charge in [-0.05, 0) is 0 Å². The molecule has 84 valence electrons. The van der Waals surface area contributed by atoms with Crippen LogP contribution in [0.5, 0.6) is 0 Å². The minimum Gasteiger partial charge on any atom is -0.494 e. The lowest BCUT2D eigenvalue weighted by Crippen LogP contribution is -2.57. The maximum absolute atomic E-state index is 11.9. The Labute approximate surface area is 89.5 Å². The lowest BCUT2D eigenvalue weighted by Gasteiger charge is -2.42. The van der Waals surface area contributed by atoms with Crippen molar-refractivity contribution in [3.8, 4) is 0 Å². The van der Waals surface area contributed by atoms with Gasteiger partial charge in [-0.3, -0.25) is 4.79 Å². The van der Waals surface area contributed by atoms with Crippen LogP contribution in [-0.4, -0.2) is 32.7 Å². The normalized spacial score (nSPS) is 27.1. The first-order valence-electron chi connectivity index (χ1n) is 4.65. The zero-order valence-electron chi connectivity index (χ0n) is 9.49. The molecule has 2 unspecified atom stereocenters. The Kier molecular flexibility index (Phi) is 3.19. The Morgan fingerprint density at radius 1 is 1.33 bits per heavy atom. The van der Waals surface area contributed by atoms with Crippen LogP contribution in [-0.2, 0) is 19.0 Å². The Morgan fingerprint density at radius 3 is 2.27 bits per heavy atom. The number of rotatable bonds is 5. The molecule has 0 aliphatic heterocycles. The van der Waals surface area contributed by atoms with Crippen molar-refractivity contribution in [3.63, 3.8) is 0 Å². The number of hydrogen-bond donors (Lipinski definition) is 0. The molecule has 0 fully saturated rings. The number of hydrogen-bond acceptors (Lipinski definition) is 4. The fourth-order valence-electron chi connectivity index (χ4n) is 1.86. The van der Waals surface area contributed by atoms with Crippen molar-refractivity contribution < 1.29 is 19.0 Å². The maximum Gasteiger partial charge on any atom is 0.241 e. The summed E-state index contributed by atoms with van der Waals surface area (Å²) in [5.41, 5.74) is -1.05. The van der Waals surface area contributed by atoms with Crippen LogP contribution in [0.1, 0.15) is 6.92 Å². The standard InChI is InChI=1S/C11H16O4/c1-6-7(2)11(15-5)9(12)8(13-3)10(11)14-4/h6-7H,1H2,2-5H3. The highest BCUT2D eigenvalue weighted by atomic mass is 16.6. The SMILES string of the molecule is C=CC(C)C1(OC)C(=O)C(OC)=C1OC. The van der Waals surface area contributed by atoms with Crippen molar-refractivity contribution in [2.24, 2.45) is 5.92 Å². The average molecular weight is 212 g/mol. The van der Waals surface area contributed by atoms with Gasteiger partial charge in [-0.25, -0.2) is 0 Å². The molecule has 0 heterocycles. The lowest BCUT2D eigenvalue weighted by atomic mass is 9.73. The zero-order valence-corrected chi connectivity index (χ0v) is 9.49. The molecule has 0 aromatic heterocycles. The van der Waals surface area contributed by atoms with Crippen LogP contribution in [0.2, 0.25) is 0 Å². The van der Waals surface area contributed by atoms with Crippen LogP contribution in [0.3, 0.4) is 0 Å². The second-order valence-electron chi connectivity index (χ2n) is 3.36. The summed E-state index contributed by atoms with van der Waals surface area (Å²) in [6, 6.07) is 0. The monoisotopic (exact) mass is 212 g/mol. The summed E-state index contributed by atoms with van der Waals surface area (Å²) >= 11 is 0. The van der Waals surface area contributed by atoms with E-state index in [0.717, 1.165) is 0 Å². The molecule has 1 rings (SSSR count). The average Bonchev–Trinajstić information content (AvgIpc) is 2.26. The van der Waals surface area contributed by atoms with Gasteiger partial charge in [-0.15, -0.1) is 6.58 Å². The minimum absolute atomic E-state index is 0.163. The highest BCUT2D eigenvalue weighted by Gasteiger charge is 2.60. The first kappa shape index (κ1) is 11.8. The van der Waals surface area contributed by atoms with Gasteiger partial charge in [-0.1, -0.05) is 13.0 Å². The molecule has 4 nitrogen and oxygen atoms in total.